The smallest absolute Gasteiger partial charge is 0.187 e. The summed E-state index contributed by atoms with van der Waals surface area (Å²) in [5, 5.41) is 120. The second-order valence-electron chi connectivity index (χ2n) is 20.6. The van der Waals surface area contributed by atoms with E-state index in [0.717, 1.165) is 24.8 Å². The predicted octanol–water partition coefficient (Wildman–Crippen LogP) is 0.756. The van der Waals surface area contributed by atoms with Gasteiger partial charge in [0.25, 0.3) is 0 Å². The van der Waals surface area contributed by atoms with Gasteiger partial charge in [-0.25, -0.2) is 0 Å². The molecule has 21 atom stereocenters. The van der Waals surface area contributed by atoms with Crippen LogP contribution >= 0.6 is 0 Å². The Balaban J connectivity index is 1.27. The van der Waals surface area contributed by atoms with Gasteiger partial charge < -0.3 is 70.4 Å². The molecule has 6 fully saturated rings. The lowest BCUT2D eigenvalue weighted by atomic mass is 9.34. The zero-order chi connectivity index (χ0) is 42.2. The Morgan fingerprint density at radius 1 is 0.754 bits per heavy atom. The molecule has 0 amide bonds. The van der Waals surface area contributed by atoms with Crippen LogP contribution in [0.5, 0.6) is 0 Å². The van der Waals surface area contributed by atoms with E-state index in [4.69, 9.17) is 14.2 Å². The van der Waals surface area contributed by atoms with Crippen LogP contribution in [0.1, 0.15) is 106 Å². The topological polar surface area (TPSA) is 250 Å². The minimum atomic E-state index is -1.69. The van der Waals surface area contributed by atoms with E-state index >= 15 is 0 Å². The van der Waals surface area contributed by atoms with E-state index in [9.17, 15) is 56.2 Å². The first-order chi connectivity index (χ1) is 26.5. The second-order valence-corrected chi connectivity index (χ2v) is 20.6. The molecule has 5 aliphatic carbocycles. The number of aliphatic hydroxyl groups excluding tert-OH is 11. The third-order valence-corrected chi connectivity index (χ3v) is 17.5. The molecule has 5 saturated carbocycles. The number of allylic oxidation sites excluding steroid dienone is 1. The molecule has 0 aromatic heterocycles. The molecule has 0 spiro atoms. The van der Waals surface area contributed by atoms with Crippen LogP contribution < -0.4 is 0 Å². The zero-order valence-corrected chi connectivity index (χ0v) is 35.0. The van der Waals surface area contributed by atoms with Crippen LogP contribution in [-0.4, -0.2) is 155 Å². The van der Waals surface area contributed by atoms with Gasteiger partial charge in [0.1, 0.15) is 36.6 Å². The molecule has 14 heteroatoms. The number of ether oxygens (including phenoxy) is 3. The largest absolute Gasteiger partial charge is 0.396 e. The molecule has 14 nitrogen and oxygen atoms in total. The van der Waals surface area contributed by atoms with E-state index in [2.05, 4.69) is 34.6 Å². The van der Waals surface area contributed by atoms with E-state index < -0.39 is 102 Å². The van der Waals surface area contributed by atoms with Crippen molar-refractivity contribution >= 4 is 0 Å². The summed E-state index contributed by atoms with van der Waals surface area (Å²) in [5.74, 6) is -1.18. The molecule has 1 heterocycles. The second kappa shape index (κ2) is 16.5. The summed E-state index contributed by atoms with van der Waals surface area (Å²) >= 11 is 0. The molecule has 0 radical (unpaired) electrons. The normalized spacial score (nSPS) is 52.4. The van der Waals surface area contributed by atoms with E-state index in [0.29, 0.717) is 32.1 Å². The van der Waals surface area contributed by atoms with Gasteiger partial charge in [-0.3, -0.25) is 0 Å². The highest BCUT2D eigenvalue weighted by molar-refractivity contribution is 5.21. The maximum Gasteiger partial charge on any atom is 0.187 e. The third-order valence-electron chi connectivity index (χ3n) is 17.5. The first kappa shape index (κ1) is 45.7. The molecule has 57 heavy (non-hydrogen) atoms. The predicted molar refractivity (Wildman–Crippen MR) is 207 cm³/mol. The van der Waals surface area contributed by atoms with Gasteiger partial charge in [-0.05, 0) is 105 Å². The summed E-state index contributed by atoms with van der Waals surface area (Å²) in [7, 11) is 0. The maximum atomic E-state index is 12.4. The molecular formula is C43H74O14. The van der Waals surface area contributed by atoms with Crippen molar-refractivity contribution in [3.63, 3.8) is 0 Å². The fraction of sp³-hybridized carbons (Fsp3) is 0.953. The number of aliphatic hydroxyl groups is 11. The van der Waals surface area contributed by atoms with Gasteiger partial charge in [0.05, 0.1) is 49.3 Å². The molecular weight excluding hydrogens is 740 g/mol. The minimum Gasteiger partial charge on any atom is -0.396 e. The number of hydrogen-bond acceptors (Lipinski definition) is 14. The average Bonchev–Trinajstić information content (AvgIpc) is 3.55. The van der Waals surface area contributed by atoms with E-state index in [1.807, 2.05) is 19.9 Å². The fourth-order valence-electron chi connectivity index (χ4n) is 13.6. The Morgan fingerprint density at radius 3 is 2.05 bits per heavy atom. The Hall–Kier alpha value is -0.820. The Labute approximate surface area is 337 Å². The third kappa shape index (κ3) is 7.40. The van der Waals surface area contributed by atoms with Crippen LogP contribution in [0.2, 0.25) is 0 Å². The highest BCUT2D eigenvalue weighted by atomic mass is 16.7. The lowest BCUT2D eigenvalue weighted by molar-refractivity contribution is -0.340. The average molecular weight is 815 g/mol. The molecule has 330 valence electrons. The van der Waals surface area contributed by atoms with Gasteiger partial charge in [-0.2, -0.15) is 0 Å². The molecule has 0 aromatic carbocycles. The van der Waals surface area contributed by atoms with Gasteiger partial charge in [-0.1, -0.05) is 46.3 Å². The number of hydrogen-bond donors (Lipinski definition) is 11. The summed E-state index contributed by atoms with van der Waals surface area (Å²) in [6, 6.07) is 0. The Morgan fingerprint density at radius 2 is 1.40 bits per heavy atom. The monoisotopic (exact) mass is 815 g/mol. The van der Waals surface area contributed by atoms with Gasteiger partial charge >= 0.3 is 0 Å². The Kier molecular flexibility index (Phi) is 13.2. The van der Waals surface area contributed by atoms with E-state index in [1.54, 1.807) is 0 Å². The van der Waals surface area contributed by atoms with Crippen molar-refractivity contribution in [1.29, 1.82) is 0 Å². The van der Waals surface area contributed by atoms with Gasteiger partial charge in [0, 0.05) is 24.4 Å². The number of rotatable bonds is 11. The van der Waals surface area contributed by atoms with Crippen molar-refractivity contribution in [1.82, 2.24) is 0 Å². The summed E-state index contributed by atoms with van der Waals surface area (Å²) in [4.78, 5) is 0. The highest BCUT2D eigenvalue weighted by Crippen LogP contribution is 2.76. The fourth-order valence-corrected chi connectivity index (χ4v) is 13.6. The maximum absolute atomic E-state index is 12.4. The van der Waals surface area contributed by atoms with Crippen LogP contribution in [0.15, 0.2) is 11.6 Å². The molecule has 1 aliphatic heterocycles. The highest BCUT2D eigenvalue weighted by Gasteiger charge is 2.73. The zero-order valence-electron chi connectivity index (χ0n) is 35.0. The molecule has 6 rings (SSSR count). The molecule has 0 bridgehead atoms. The summed E-state index contributed by atoms with van der Waals surface area (Å²) in [5.41, 5.74) is -1.83. The van der Waals surface area contributed by atoms with Crippen molar-refractivity contribution in [2.45, 2.75) is 185 Å². The number of fused-ring (bicyclic) bond motifs is 5. The SMILES string of the molecule is C/C(=C\CC[C@](C)(O[C@@H]1O[C@H](CO[C@@H]2C[C@H](CO)[C@@H](O)[C@H](O)[C@H]2O)[C@@H](O)[C@H](O)[C@H]1O)[C@H]1CC[C@]2(C)[C@@H]1[C@H](O)C[C@@H]1[C@@]3(C)[C@H](CC[C@]12C)C(C)(C)[C@H](O)C[C@@H]3O)CO. The van der Waals surface area contributed by atoms with E-state index in [1.165, 1.54) is 0 Å². The van der Waals surface area contributed by atoms with Crippen molar-refractivity contribution in [3.8, 4) is 0 Å². The summed E-state index contributed by atoms with van der Waals surface area (Å²) < 4.78 is 19.0. The minimum absolute atomic E-state index is 0.0107. The lowest BCUT2D eigenvalue weighted by Crippen LogP contribution is -2.70. The molecule has 11 N–H and O–H groups in total. The van der Waals surface area contributed by atoms with Crippen molar-refractivity contribution in [2.24, 2.45) is 51.2 Å². The van der Waals surface area contributed by atoms with Crippen molar-refractivity contribution in [3.05, 3.63) is 11.6 Å². The lowest BCUT2D eigenvalue weighted by Gasteiger charge is -2.71. The standard InChI is InChI=1S/C43H74O14/c1-21(18-44)9-8-12-42(6,57-38-37(54)36(53)34(51)26(56-38)20-55-25-15-22(19-45)32(49)35(52)33(25)50)23-10-13-41(5)31(23)24(46)16-28-40(41,4)14-11-27-39(2,3)29(47)17-30(48)43(27,28)7/h9,22-38,44-54H,8,10-20H2,1-7H3/b21-9+/t22-,23+,24-,25-,26-,27-,28+,29-,30+,31+,32-,33+,34-,35+,36+,37-,38+,40-,41-,42+,43-/m1/s1. The first-order valence-electron chi connectivity index (χ1n) is 21.5. The van der Waals surface area contributed by atoms with Crippen LogP contribution in [0, 0.1) is 51.2 Å². The molecule has 0 aromatic rings. The van der Waals surface area contributed by atoms with Gasteiger partial charge in [0.15, 0.2) is 6.29 Å². The molecule has 1 saturated heterocycles. The van der Waals surface area contributed by atoms with E-state index in [-0.39, 0.29) is 54.1 Å². The van der Waals surface area contributed by atoms with Crippen molar-refractivity contribution in [2.75, 3.05) is 19.8 Å². The van der Waals surface area contributed by atoms with Crippen LogP contribution in [0.25, 0.3) is 0 Å². The Bertz CT molecular complexity index is 1430. The van der Waals surface area contributed by atoms with Crippen LogP contribution in [0.3, 0.4) is 0 Å². The first-order valence-corrected chi connectivity index (χ1v) is 21.5. The summed E-state index contributed by atoms with van der Waals surface area (Å²) in [6.45, 7) is 13.8. The van der Waals surface area contributed by atoms with Gasteiger partial charge in [-0.15, -0.1) is 0 Å². The molecule has 6 aliphatic rings. The summed E-state index contributed by atoms with van der Waals surface area (Å²) in [6.07, 6.45) is -8.29. The van der Waals surface area contributed by atoms with Crippen LogP contribution in [-0.2, 0) is 14.2 Å². The van der Waals surface area contributed by atoms with Gasteiger partial charge in [0.2, 0.25) is 0 Å². The van der Waals surface area contributed by atoms with Crippen molar-refractivity contribution < 1.29 is 70.4 Å². The van der Waals surface area contributed by atoms with Crippen LogP contribution in [0.4, 0.5) is 0 Å². The molecule has 0 unspecified atom stereocenters. The quantitative estimate of drug-likeness (QED) is 0.129.